The van der Waals surface area contributed by atoms with E-state index in [1.165, 1.54) is 68.8 Å². The lowest BCUT2D eigenvalue weighted by molar-refractivity contribution is 0.0977. The first-order valence-electron chi connectivity index (χ1n) is 9.21. The summed E-state index contributed by atoms with van der Waals surface area (Å²) in [5.41, 5.74) is 0.762. The summed E-state index contributed by atoms with van der Waals surface area (Å²) in [5.74, 6) is -0.331. The summed E-state index contributed by atoms with van der Waals surface area (Å²) < 4.78 is 37.6. The van der Waals surface area contributed by atoms with Crippen LogP contribution in [0.15, 0.2) is 59.5 Å². The molecule has 1 amide bonds. The summed E-state index contributed by atoms with van der Waals surface area (Å²) in [5, 5.41) is 14.6. The van der Waals surface area contributed by atoms with Gasteiger partial charge in [-0.3, -0.25) is 14.8 Å². The Kier molecular flexibility index (Phi) is 7.25. The number of hydrogen-bond donors (Lipinski definition) is 4. The van der Waals surface area contributed by atoms with E-state index in [0.717, 1.165) is 0 Å². The van der Waals surface area contributed by atoms with Gasteiger partial charge in [-0.1, -0.05) is 0 Å². The highest BCUT2D eigenvalue weighted by atomic mass is 32.2. The van der Waals surface area contributed by atoms with Gasteiger partial charge in [-0.15, -0.1) is 0 Å². The summed E-state index contributed by atoms with van der Waals surface area (Å²) in [6.45, 7) is 0. The molecule has 0 aliphatic heterocycles. The van der Waals surface area contributed by atoms with E-state index in [0.29, 0.717) is 11.3 Å². The lowest BCUT2D eigenvalue weighted by Gasteiger charge is -2.12. The van der Waals surface area contributed by atoms with E-state index in [4.69, 9.17) is 21.7 Å². The number of benzene rings is 2. The topological polar surface area (TPSA) is 152 Å². The highest BCUT2D eigenvalue weighted by molar-refractivity contribution is 7.92. The van der Waals surface area contributed by atoms with Gasteiger partial charge in [0.25, 0.3) is 15.9 Å². The molecule has 0 aliphatic carbocycles. The van der Waals surface area contributed by atoms with Crippen LogP contribution in [0.3, 0.4) is 0 Å². The Hall–Kier alpha value is -3.97. The minimum absolute atomic E-state index is 0.0157. The van der Waals surface area contributed by atoms with Gasteiger partial charge in [-0.2, -0.15) is 9.97 Å². The van der Waals surface area contributed by atoms with Gasteiger partial charge >= 0.3 is 6.01 Å². The first-order chi connectivity index (χ1) is 15.7. The molecule has 4 N–H and O–H groups in total. The summed E-state index contributed by atoms with van der Waals surface area (Å²) in [6, 6.07) is 12.6. The maximum Gasteiger partial charge on any atom is 0.321 e. The number of aromatic nitrogens is 2. The summed E-state index contributed by atoms with van der Waals surface area (Å²) in [6.07, 6.45) is 0. The number of ether oxygens (including phenoxy) is 2. The van der Waals surface area contributed by atoms with Crippen LogP contribution in [0, 0.1) is 0 Å². The molecule has 0 fully saturated rings. The van der Waals surface area contributed by atoms with Gasteiger partial charge in [0.15, 0.2) is 10.9 Å². The zero-order valence-electron chi connectivity index (χ0n) is 17.4. The number of sulfonamides is 1. The second-order valence-corrected chi connectivity index (χ2v) is 8.46. The van der Waals surface area contributed by atoms with E-state index >= 15 is 0 Å². The number of nitrogens with one attached hydrogen (secondary N) is 3. The molecule has 172 valence electrons. The average molecular weight is 490 g/mol. The highest BCUT2D eigenvalue weighted by Gasteiger charge is 2.17. The van der Waals surface area contributed by atoms with Gasteiger partial charge in [0.1, 0.15) is 5.75 Å². The predicted octanol–water partition coefficient (Wildman–Crippen LogP) is 2.13. The van der Waals surface area contributed by atoms with Crippen LogP contribution in [0.4, 0.5) is 11.5 Å². The number of anilines is 2. The van der Waals surface area contributed by atoms with Crippen LogP contribution in [0.2, 0.25) is 0 Å². The number of carbonyl (C=O) groups excluding carboxylic acids is 1. The van der Waals surface area contributed by atoms with E-state index in [9.17, 15) is 18.3 Å². The molecular formula is C20H19N5O6S2. The van der Waals surface area contributed by atoms with Gasteiger partial charge in [0.05, 0.1) is 19.1 Å². The van der Waals surface area contributed by atoms with E-state index in [2.05, 4.69) is 25.3 Å². The first-order valence-corrected chi connectivity index (χ1v) is 11.1. The Morgan fingerprint density at radius 3 is 2.27 bits per heavy atom. The first kappa shape index (κ1) is 23.7. The minimum atomic E-state index is -3.97. The molecule has 33 heavy (non-hydrogen) atoms. The van der Waals surface area contributed by atoms with Crippen LogP contribution in [-0.2, 0) is 10.0 Å². The summed E-state index contributed by atoms with van der Waals surface area (Å²) in [4.78, 5) is 20.0. The zero-order chi connectivity index (χ0) is 24.0. The molecule has 3 aromatic rings. The maximum absolute atomic E-state index is 12.7. The Morgan fingerprint density at radius 2 is 1.67 bits per heavy atom. The molecule has 0 spiro atoms. The summed E-state index contributed by atoms with van der Waals surface area (Å²) in [7, 11) is -1.25. The molecule has 0 unspecified atom stereocenters. The molecule has 0 aliphatic rings. The number of phenols is 1. The molecule has 0 saturated heterocycles. The number of amides is 1. The van der Waals surface area contributed by atoms with E-state index in [1.54, 1.807) is 0 Å². The predicted molar refractivity (Wildman–Crippen MR) is 124 cm³/mol. The van der Waals surface area contributed by atoms with Gasteiger partial charge in [-0.25, -0.2) is 8.42 Å². The molecule has 0 radical (unpaired) electrons. The number of nitrogens with zero attached hydrogens (tertiary/aromatic N) is 2. The molecular weight excluding hydrogens is 470 g/mol. The monoisotopic (exact) mass is 489 g/mol. The second kappa shape index (κ2) is 10.1. The van der Waals surface area contributed by atoms with E-state index in [-0.39, 0.29) is 33.5 Å². The van der Waals surface area contributed by atoms with Crippen molar-refractivity contribution in [2.45, 2.75) is 4.90 Å². The Balaban J connectivity index is 1.66. The standard InChI is InChI=1S/C20H19N5O6S2/c1-30-17-11-16(22-19(23-17)31-2)25-33(28,29)15-9-5-13(6-10-15)21-20(32)24-18(27)12-3-7-14(26)8-4-12/h3-11,26H,1-2H3,(H,22,23,25)(H2,21,24,27,32). The number of methoxy groups -OCH3 is 2. The van der Waals surface area contributed by atoms with Crippen molar-refractivity contribution < 1.29 is 27.8 Å². The van der Waals surface area contributed by atoms with Crippen molar-refractivity contribution in [2.75, 3.05) is 24.3 Å². The summed E-state index contributed by atoms with van der Waals surface area (Å²) >= 11 is 5.12. The molecule has 1 aromatic heterocycles. The molecule has 0 atom stereocenters. The van der Waals surface area contributed by atoms with Crippen LogP contribution >= 0.6 is 12.2 Å². The van der Waals surface area contributed by atoms with Crippen LogP contribution in [0.5, 0.6) is 17.6 Å². The minimum Gasteiger partial charge on any atom is -0.508 e. The Bertz CT molecular complexity index is 1240. The number of thiocarbonyl (C=S) groups is 1. The third kappa shape index (κ3) is 6.27. The number of phenolic OH excluding ortho intramolecular Hbond substituents is 1. The number of aromatic hydroxyl groups is 1. The number of rotatable bonds is 7. The third-order valence-corrected chi connectivity index (χ3v) is 5.67. The molecule has 0 bridgehead atoms. The highest BCUT2D eigenvalue weighted by Crippen LogP contribution is 2.21. The third-order valence-electron chi connectivity index (χ3n) is 4.09. The van der Waals surface area contributed by atoms with Crippen LogP contribution in [0.1, 0.15) is 10.4 Å². The fourth-order valence-electron chi connectivity index (χ4n) is 2.52. The molecule has 3 rings (SSSR count). The number of hydrogen-bond acceptors (Lipinski definition) is 9. The fourth-order valence-corrected chi connectivity index (χ4v) is 3.72. The average Bonchev–Trinajstić information content (AvgIpc) is 2.79. The smallest absolute Gasteiger partial charge is 0.321 e. The van der Waals surface area contributed by atoms with Crippen molar-refractivity contribution in [1.82, 2.24) is 15.3 Å². The lowest BCUT2D eigenvalue weighted by Crippen LogP contribution is -2.34. The SMILES string of the molecule is COc1cc(NS(=O)(=O)c2ccc(NC(=S)NC(=O)c3ccc(O)cc3)cc2)nc(OC)n1. The van der Waals surface area contributed by atoms with Gasteiger partial charge < -0.3 is 19.9 Å². The van der Waals surface area contributed by atoms with Crippen molar-refractivity contribution in [3.8, 4) is 17.6 Å². The van der Waals surface area contributed by atoms with Gasteiger partial charge in [0, 0.05) is 17.3 Å². The molecule has 11 nitrogen and oxygen atoms in total. The molecule has 13 heteroatoms. The van der Waals surface area contributed by atoms with Gasteiger partial charge in [0.2, 0.25) is 5.88 Å². The van der Waals surface area contributed by atoms with Crippen LogP contribution in [-0.4, -0.2) is 48.7 Å². The fraction of sp³-hybridized carbons (Fsp3) is 0.100. The maximum atomic E-state index is 12.7. The van der Waals surface area contributed by atoms with Crippen molar-refractivity contribution in [3.05, 3.63) is 60.2 Å². The van der Waals surface area contributed by atoms with Crippen molar-refractivity contribution >= 4 is 44.8 Å². The Morgan fingerprint density at radius 1 is 1.00 bits per heavy atom. The van der Waals surface area contributed by atoms with Crippen LogP contribution in [0.25, 0.3) is 0 Å². The van der Waals surface area contributed by atoms with Crippen molar-refractivity contribution in [3.63, 3.8) is 0 Å². The largest absolute Gasteiger partial charge is 0.508 e. The second-order valence-electron chi connectivity index (χ2n) is 6.37. The van der Waals surface area contributed by atoms with Crippen molar-refractivity contribution in [2.24, 2.45) is 0 Å². The molecule has 1 heterocycles. The van der Waals surface area contributed by atoms with Crippen molar-refractivity contribution in [1.29, 1.82) is 0 Å². The van der Waals surface area contributed by atoms with E-state index < -0.39 is 15.9 Å². The van der Waals surface area contributed by atoms with Crippen LogP contribution < -0.4 is 24.8 Å². The normalized spacial score (nSPS) is 10.7. The lowest BCUT2D eigenvalue weighted by atomic mass is 10.2. The zero-order valence-corrected chi connectivity index (χ0v) is 19.0. The Labute approximate surface area is 194 Å². The molecule has 2 aromatic carbocycles. The molecule has 0 saturated carbocycles. The number of carbonyl (C=O) groups is 1. The van der Waals surface area contributed by atoms with E-state index in [1.807, 2.05) is 0 Å². The quantitative estimate of drug-likeness (QED) is 0.363. The van der Waals surface area contributed by atoms with Gasteiger partial charge in [-0.05, 0) is 60.7 Å².